The summed E-state index contributed by atoms with van der Waals surface area (Å²) in [6.45, 7) is 2.21. The van der Waals surface area contributed by atoms with Crippen LogP contribution in [0.2, 0.25) is 0 Å². The molecule has 1 amide bonds. The highest BCUT2D eigenvalue weighted by Crippen LogP contribution is 2.26. The largest absolute Gasteiger partial charge is 0.497 e. The lowest BCUT2D eigenvalue weighted by atomic mass is 9.86. The topological polar surface area (TPSA) is 47.6 Å². The summed E-state index contributed by atoms with van der Waals surface area (Å²) in [7, 11) is 3.23. The van der Waals surface area contributed by atoms with Gasteiger partial charge in [0.1, 0.15) is 11.5 Å². The van der Waals surface area contributed by atoms with Gasteiger partial charge in [0.15, 0.2) is 0 Å². The Morgan fingerprint density at radius 2 is 2.00 bits per heavy atom. The maximum Gasteiger partial charge on any atom is 0.244 e. The summed E-state index contributed by atoms with van der Waals surface area (Å²) in [5, 5.41) is 3.11. The summed E-state index contributed by atoms with van der Waals surface area (Å²) in [4.78, 5) is 12.1. The molecule has 4 nitrogen and oxygen atoms in total. The van der Waals surface area contributed by atoms with Crippen LogP contribution in [0.1, 0.15) is 38.2 Å². The molecule has 0 bridgehead atoms. The average molecular weight is 303 g/mol. The van der Waals surface area contributed by atoms with Gasteiger partial charge < -0.3 is 14.8 Å². The van der Waals surface area contributed by atoms with Crippen LogP contribution in [-0.2, 0) is 4.79 Å². The van der Waals surface area contributed by atoms with Gasteiger partial charge in [-0.15, -0.1) is 0 Å². The summed E-state index contributed by atoms with van der Waals surface area (Å²) < 4.78 is 10.5. The van der Waals surface area contributed by atoms with Gasteiger partial charge in [0.2, 0.25) is 5.91 Å². The Balaban J connectivity index is 2.02. The van der Waals surface area contributed by atoms with Crippen LogP contribution in [0, 0.1) is 5.92 Å². The lowest BCUT2D eigenvalue weighted by Gasteiger charge is -2.29. The molecule has 0 aromatic heterocycles. The van der Waals surface area contributed by atoms with Crippen LogP contribution < -0.4 is 14.8 Å². The van der Waals surface area contributed by atoms with Crippen LogP contribution in [0.4, 0.5) is 0 Å². The zero-order valence-electron chi connectivity index (χ0n) is 13.6. The fourth-order valence-electron chi connectivity index (χ4n) is 2.90. The van der Waals surface area contributed by atoms with E-state index in [0.717, 1.165) is 23.5 Å². The van der Waals surface area contributed by atoms with E-state index >= 15 is 0 Å². The first-order valence-electron chi connectivity index (χ1n) is 7.84. The summed E-state index contributed by atoms with van der Waals surface area (Å²) in [6, 6.07) is 5.81. The summed E-state index contributed by atoms with van der Waals surface area (Å²) in [5.41, 5.74) is 0.827. The Morgan fingerprint density at radius 1 is 1.23 bits per heavy atom. The maximum atomic E-state index is 12.1. The monoisotopic (exact) mass is 303 g/mol. The van der Waals surface area contributed by atoms with Crippen molar-refractivity contribution >= 4 is 12.0 Å². The molecular weight excluding hydrogens is 278 g/mol. The number of amides is 1. The first-order valence-corrected chi connectivity index (χ1v) is 7.84. The molecule has 120 valence electrons. The Morgan fingerprint density at radius 3 is 2.68 bits per heavy atom. The van der Waals surface area contributed by atoms with Gasteiger partial charge in [-0.25, -0.2) is 0 Å². The van der Waals surface area contributed by atoms with Crippen LogP contribution in [0.3, 0.4) is 0 Å². The highest BCUT2D eigenvalue weighted by molar-refractivity contribution is 5.92. The Hall–Kier alpha value is -1.97. The number of carbonyl (C=O) groups is 1. The number of benzene rings is 1. The molecule has 0 radical (unpaired) electrons. The van der Waals surface area contributed by atoms with Crippen molar-refractivity contribution in [1.82, 2.24) is 5.32 Å². The van der Waals surface area contributed by atoms with E-state index in [0.29, 0.717) is 5.92 Å². The molecule has 1 aliphatic carbocycles. The van der Waals surface area contributed by atoms with E-state index in [9.17, 15) is 4.79 Å². The molecule has 1 N–H and O–H groups in total. The number of nitrogens with one attached hydrogen (secondary N) is 1. The molecular formula is C18H25NO3. The molecule has 0 heterocycles. The minimum Gasteiger partial charge on any atom is -0.497 e. The lowest BCUT2D eigenvalue weighted by Crippen LogP contribution is -2.40. The van der Waals surface area contributed by atoms with Crippen LogP contribution in [0.25, 0.3) is 6.08 Å². The standard InChI is InChI=1S/C18H25NO3/c1-13-6-4-5-7-16(13)19-18(20)11-8-14-12-15(21-2)9-10-17(14)22-3/h8-13,16H,4-7H2,1-3H3,(H,19,20)/b11-8+/t13-,16-/m1/s1. The fraction of sp³-hybridized carbons (Fsp3) is 0.500. The highest BCUT2D eigenvalue weighted by Gasteiger charge is 2.21. The molecule has 1 aliphatic rings. The summed E-state index contributed by atoms with van der Waals surface area (Å²) in [6.07, 6.45) is 8.07. The molecule has 1 aromatic rings. The quantitative estimate of drug-likeness (QED) is 0.848. The SMILES string of the molecule is COc1ccc(OC)c(/C=C/C(=O)N[C@@H]2CCCC[C@H]2C)c1. The predicted octanol–water partition coefficient (Wildman–Crippen LogP) is 3.41. The molecule has 22 heavy (non-hydrogen) atoms. The van der Waals surface area contributed by atoms with Gasteiger partial charge in [-0.3, -0.25) is 4.79 Å². The summed E-state index contributed by atoms with van der Waals surface area (Å²) in [5.74, 6) is 1.96. The van der Waals surface area contributed by atoms with E-state index in [1.807, 2.05) is 18.2 Å². The first-order chi connectivity index (χ1) is 10.6. The maximum absolute atomic E-state index is 12.1. The van der Waals surface area contributed by atoms with Crippen molar-refractivity contribution in [3.8, 4) is 11.5 Å². The number of hydrogen-bond donors (Lipinski definition) is 1. The van der Waals surface area contributed by atoms with Crippen molar-refractivity contribution in [3.63, 3.8) is 0 Å². The zero-order chi connectivity index (χ0) is 15.9. The summed E-state index contributed by atoms with van der Waals surface area (Å²) >= 11 is 0. The van der Waals surface area contributed by atoms with Crippen molar-refractivity contribution in [2.45, 2.75) is 38.6 Å². The lowest BCUT2D eigenvalue weighted by molar-refractivity contribution is -0.117. The normalized spacial score (nSPS) is 21.6. The van der Waals surface area contributed by atoms with E-state index < -0.39 is 0 Å². The molecule has 4 heteroatoms. The van der Waals surface area contributed by atoms with E-state index in [2.05, 4.69) is 12.2 Å². The molecule has 1 aromatic carbocycles. The van der Waals surface area contributed by atoms with E-state index in [4.69, 9.17) is 9.47 Å². The van der Waals surface area contributed by atoms with Crippen molar-refractivity contribution in [3.05, 3.63) is 29.8 Å². The second-order valence-corrected chi connectivity index (χ2v) is 5.82. The minimum absolute atomic E-state index is 0.0522. The van der Waals surface area contributed by atoms with Gasteiger partial charge in [-0.05, 0) is 43.0 Å². The van der Waals surface area contributed by atoms with Crippen molar-refractivity contribution < 1.29 is 14.3 Å². The molecule has 1 fully saturated rings. The second-order valence-electron chi connectivity index (χ2n) is 5.82. The van der Waals surface area contributed by atoms with Gasteiger partial charge in [0, 0.05) is 17.7 Å². The van der Waals surface area contributed by atoms with E-state index in [-0.39, 0.29) is 11.9 Å². The smallest absolute Gasteiger partial charge is 0.244 e. The van der Waals surface area contributed by atoms with Crippen LogP contribution >= 0.6 is 0 Å². The third-order valence-electron chi connectivity index (χ3n) is 4.29. The Labute approximate surface area is 132 Å². The van der Waals surface area contributed by atoms with Crippen molar-refractivity contribution in [1.29, 1.82) is 0 Å². The van der Waals surface area contributed by atoms with Gasteiger partial charge in [-0.2, -0.15) is 0 Å². The van der Waals surface area contributed by atoms with E-state index in [1.165, 1.54) is 19.3 Å². The number of ether oxygens (including phenoxy) is 2. The number of rotatable bonds is 5. The van der Waals surface area contributed by atoms with Crippen LogP contribution in [0.15, 0.2) is 24.3 Å². The third-order valence-corrected chi connectivity index (χ3v) is 4.29. The Kier molecular flexibility index (Phi) is 5.87. The molecule has 0 aliphatic heterocycles. The average Bonchev–Trinajstić information content (AvgIpc) is 2.54. The number of hydrogen-bond acceptors (Lipinski definition) is 3. The molecule has 0 spiro atoms. The molecule has 0 saturated heterocycles. The molecule has 2 atom stereocenters. The molecule has 2 rings (SSSR count). The fourth-order valence-corrected chi connectivity index (χ4v) is 2.90. The van der Waals surface area contributed by atoms with Gasteiger partial charge >= 0.3 is 0 Å². The molecule has 1 saturated carbocycles. The predicted molar refractivity (Wildman–Crippen MR) is 88.1 cm³/mol. The number of methoxy groups -OCH3 is 2. The van der Waals surface area contributed by atoms with E-state index in [1.54, 1.807) is 26.4 Å². The highest BCUT2D eigenvalue weighted by atomic mass is 16.5. The second kappa shape index (κ2) is 7.87. The van der Waals surface area contributed by atoms with Crippen LogP contribution in [0.5, 0.6) is 11.5 Å². The van der Waals surface area contributed by atoms with Gasteiger partial charge in [-0.1, -0.05) is 19.8 Å². The number of carbonyl (C=O) groups excluding carboxylic acids is 1. The third kappa shape index (κ3) is 4.26. The van der Waals surface area contributed by atoms with Crippen LogP contribution in [-0.4, -0.2) is 26.2 Å². The van der Waals surface area contributed by atoms with Gasteiger partial charge in [0.05, 0.1) is 14.2 Å². The minimum atomic E-state index is -0.0522. The molecule has 0 unspecified atom stereocenters. The van der Waals surface area contributed by atoms with Crippen molar-refractivity contribution in [2.24, 2.45) is 5.92 Å². The van der Waals surface area contributed by atoms with Gasteiger partial charge in [0.25, 0.3) is 0 Å². The Bertz CT molecular complexity index is 539. The zero-order valence-corrected chi connectivity index (χ0v) is 13.6. The van der Waals surface area contributed by atoms with Crippen molar-refractivity contribution in [2.75, 3.05) is 14.2 Å². The first kappa shape index (κ1) is 16.4.